The van der Waals surface area contributed by atoms with E-state index < -0.39 is 5.82 Å². The Hall–Kier alpha value is -1.91. The number of hydrogen-bond acceptors (Lipinski definition) is 4. The standard InChI is InChI=1S/C16H21FO4/c1-3-20-16(19)7-5-4-6-10-21-15-9-8-13(12(2)18)11-14(15)17/h8-9,11H,3-7,10H2,1-2H3. The van der Waals surface area contributed by atoms with E-state index in [2.05, 4.69) is 0 Å². The number of benzene rings is 1. The molecule has 0 unspecified atom stereocenters. The number of halogens is 1. The fourth-order valence-electron chi connectivity index (χ4n) is 1.80. The number of ketones is 1. The van der Waals surface area contributed by atoms with Gasteiger partial charge in [0.15, 0.2) is 17.3 Å². The smallest absolute Gasteiger partial charge is 0.305 e. The van der Waals surface area contributed by atoms with Crippen LogP contribution >= 0.6 is 0 Å². The normalized spacial score (nSPS) is 10.2. The van der Waals surface area contributed by atoms with Gasteiger partial charge in [-0.1, -0.05) is 0 Å². The van der Waals surface area contributed by atoms with Crippen molar-refractivity contribution in [2.75, 3.05) is 13.2 Å². The summed E-state index contributed by atoms with van der Waals surface area (Å²) in [6.45, 7) is 3.94. The van der Waals surface area contributed by atoms with Crippen molar-refractivity contribution in [3.05, 3.63) is 29.6 Å². The van der Waals surface area contributed by atoms with E-state index in [4.69, 9.17) is 9.47 Å². The number of ether oxygens (including phenoxy) is 2. The molecule has 0 heterocycles. The van der Waals surface area contributed by atoms with Crippen LogP contribution in [0.5, 0.6) is 5.75 Å². The van der Waals surface area contributed by atoms with Crippen molar-refractivity contribution in [3.63, 3.8) is 0 Å². The van der Waals surface area contributed by atoms with E-state index in [9.17, 15) is 14.0 Å². The maximum Gasteiger partial charge on any atom is 0.305 e. The molecule has 0 amide bonds. The van der Waals surface area contributed by atoms with Gasteiger partial charge >= 0.3 is 5.97 Å². The van der Waals surface area contributed by atoms with E-state index in [0.29, 0.717) is 25.2 Å². The van der Waals surface area contributed by atoms with Crippen LogP contribution in [-0.2, 0) is 9.53 Å². The molecule has 0 aliphatic heterocycles. The highest BCUT2D eigenvalue weighted by molar-refractivity contribution is 5.94. The number of Topliss-reactive ketones (excluding diaryl/α,β-unsaturated/α-hetero) is 1. The molecule has 0 N–H and O–H groups in total. The lowest BCUT2D eigenvalue weighted by Crippen LogP contribution is -2.04. The SMILES string of the molecule is CCOC(=O)CCCCCOc1ccc(C(C)=O)cc1F. The van der Waals surface area contributed by atoms with Gasteiger partial charge in [0.05, 0.1) is 13.2 Å². The molecule has 0 aliphatic carbocycles. The summed E-state index contributed by atoms with van der Waals surface area (Å²) < 4.78 is 23.8. The van der Waals surface area contributed by atoms with Gasteiger partial charge in [0, 0.05) is 12.0 Å². The van der Waals surface area contributed by atoms with Crippen LogP contribution in [0.4, 0.5) is 4.39 Å². The van der Waals surface area contributed by atoms with Crippen LogP contribution in [0, 0.1) is 5.82 Å². The van der Waals surface area contributed by atoms with Crippen molar-refractivity contribution >= 4 is 11.8 Å². The second-order valence-electron chi connectivity index (χ2n) is 4.67. The third-order valence-electron chi connectivity index (χ3n) is 2.93. The van der Waals surface area contributed by atoms with Gasteiger partial charge in [-0.2, -0.15) is 0 Å². The highest BCUT2D eigenvalue weighted by Crippen LogP contribution is 2.19. The quantitative estimate of drug-likeness (QED) is 0.397. The number of esters is 1. The van der Waals surface area contributed by atoms with E-state index in [1.54, 1.807) is 13.0 Å². The molecular weight excluding hydrogens is 275 g/mol. The molecule has 0 bridgehead atoms. The Morgan fingerprint density at radius 2 is 1.95 bits per heavy atom. The minimum absolute atomic E-state index is 0.144. The Labute approximate surface area is 124 Å². The number of carbonyl (C=O) groups excluding carboxylic acids is 2. The molecule has 0 atom stereocenters. The van der Waals surface area contributed by atoms with Gasteiger partial charge in [0.1, 0.15) is 0 Å². The van der Waals surface area contributed by atoms with Crippen molar-refractivity contribution in [2.24, 2.45) is 0 Å². The van der Waals surface area contributed by atoms with Crippen molar-refractivity contribution in [1.82, 2.24) is 0 Å². The highest BCUT2D eigenvalue weighted by atomic mass is 19.1. The molecule has 1 aromatic carbocycles. The fraction of sp³-hybridized carbons (Fsp3) is 0.500. The lowest BCUT2D eigenvalue weighted by atomic mass is 10.1. The van der Waals surface area contributed by atoms with Crippen molar-refractivity contribution in [3.8, 4) is 5.75 Å². The second-order valence-corrected chi connectivity index (χ2v) is 4.67. The first-order valence-electron chi connectivity index (χ1n) is 7.13. The average molecular weight is 296 g/mol. The molecule has 0 spiro atoms. The summed E-state index contributed by atoms with van der Waals surface area (Å²) in [7, 11) is 0. The van der Waals surface area contributed by atoms with Crippen molar-refractivity contribution in [2.45, 2.75) is 39.5 Å². The third kappa shape index (κ3) is 6.38. The Morgan fingerprint density at radius 1 is 1.19 bits per heavy atom. The van der Waals surface area contributed by atoms with E-state index >= 15 is 0 Å². The molecule has 1 rings (SSSR count). The number of carbonyl (C=O) groups is 2. The highest BCUT2D eigenvalue weighted by Gasteiger charge is 2.07. The molecule has 0 aromatic heterocycles. The van der Waals surface area contributed by atoms with Gasteiger partial charge in [-0.15, -0.1) is 0 Å². The predicted octanol–water partition coefficient (Wildman–Crippen LogP) is 3.53. The van der Waals surface area contributed by atoms with Crippen LogP contribution in [0.1, 0.15) is 49.9 Å². The van der Waals surface area contributed by atoms with Crippen LogP contribution in [0.2, 0.25) is 0 Å². The zero-order valence-corrected chi connectivity index (χ0v) is 12.5. The molecule has 0 aliphatic rings. The van der Waals surface area contributed by atoms with Gasteiger partial charge in [-0.25, -0.2) is 4.39 Å². The van der Waals surface area contributed by atoms with Crippen LogP contribution in [0.3, 0.4) is 0 Å². The molecule has 5 heteroatoms. The molecule has 21 heavy (non-hydrogen) atoms. The van der Waals surface area contributed by atoms with Gasteiger partial charge in [0.25, 0.3) is 0 Å². The number of rotatable bonds is 9. The number of hydrogen-bond donors (Lipinski definition) is 0. The Morgan fingerprint density at radius 3 is 2.57 bits per heavy atom. The first kappa shape index (κ1) is 17.1. The number of unbranched alkanes of at least 4 members (excludes halogenated alkanes) is 2. The van der Waals surface area contributed by atoms with E-state index in [0.717, 1.165) is 19.3 Å². The summed E-state index contributed by atoms with van der Waals surface area (Å²) in [5.41, 5.74) is 0.328. The fourth-order valence-corrected chi connectivity index (χ4v) is 1.80. The van der Waals surface area contributed by atoms with Crippen LogP contribution < -0.4 is 4.74 Å². The molecule has 0 fully saturated rings. The van der Waals surface area contributed by atoms with Crippen LogP contribution in [-0.4, -0.2) is 25.0 Å². The minimum atomic E-state index is -0.533. The Kier molecular flexibility index (Phi) is 7.43. The Bertz CT molecular complexity index is 485. The van der Waals surface area contributed by atoms with Crippen LogP contribution in [0.15, 0.2) is 18.2 Å². The summed E-state index contributed by atoms with van der Waals surface area (Å²) in [5.74, 6) is -0.761. The summed E-state index contributed by atoms with van der Waals surface area (Å²) >= 11 is 0. The lowest BCUT2D eigenvalue weighted by molar-refractivity contribution is -0.143. The maximum atomic E-state index is 13.6. The van der Waals surface area contributed by atoms with E-state index in [1.165, 1.54) is 19.1 Å². The first-order valence-corrected chi connectivity index (χ1v) is 7.13. The zero-order chi connectivity index (χ0) is 15.7. The predicted molar refractivity (Wildman–Crippen MR) is 77.0 cm³/mol. The minimum Gasteiger partial charge on any atom is -0.491 e. The van der Waals surface area contributed by atoms with Crippen molar-refractivity contribution < 1.29 is 23.5 Å². The topological polar surface area (TPSA) is 52.6 Å². The molecule has 4 nitrogen and oxygen atoms in total. The monoisotopic (exact) mass is 296 g/mol. The first-order chi connectivity index (χ1) is 10.0. The van der Waals surface area contributed by atoms with Crippen molar-refractivity contribution in [1.29, 1.82) is 0 Å². The van der Waals surface area contributed by atoms with E-state index in [1.807, 2.05) is 0 Å². The van der Waals surface area contributed by atoms with Gasteiger partial charge in [0.2, 0.25) is 0 Å². The second kappa shape index (κ2) is 9.10. The summed E-state index contributed by atoms with van der Waals surface area (Å²) in [5, 5.41) is 0. The third-order valence-corrected chi connectivity index (χ3v) is 2.93. The average Bonchev–Trinajstić information content (AvgIpc) is 2.44. The molecule has 0 saturated carbocycles. The van der Waals surface area contributed by atoms with Gasteiger partial charge < -0.3 is 9.47 Å². The maximum absolute atomic E-state index is 13.6. The zero-order valence-electron chi connectivity index (χ0n) is 12.5. The summed E-state index contributed by atoms with van der Waals surface area (Å²) in [6.07, 6.45) is 2.67. The largest absolute Gasteiger partial charge is 0.491 e. The summed E-state index contributed by atoms with van der Waals surface area (Å²) in [6, 6.07) is 4.19. The molecule has 0 saturated heterocycles. The van der Waals surface area contributed by atoms with Gasteiger partial charge in [-0.3, -0.25) is 9.59 Å². The van der Waals surface area contributed by atoms with Crippen LogP contribution in [0.25, 0.3) is 0 Å². The Balaban J connectivity index is 2.24. The van der Waals surface area contributed by atoms with Gasteiger partial charge in [-0.05, 0) is 51.3 Å². The molecular formula is C16H21FO4. The molecule has 0 radical (unpaired) electrons. The lowest BCUT2D eigenvalue weighted by Gasteiger charge is -2.08. The van der Waals surface area contributed by atoms with E-state index in [-0.39, 0.29) is 17.5 Å². The molecule has 116 valence electrons. The molecule has 1 aromatic rings. The summed E-state index contributed by atoms with van der Waals surface area (Å²) in [4.78, 5) is 22.2.